The van der Waals surface area contributed by atoms with Crippen molar-refractivity contribution in [1.29, 1.82) is 0 Å². The van der Waals surface area contributed by atoms with Crippen LogP contribution in [0.25, 0.3) is 0 Å². The zero-order chi connectivity index (χ0) is 27.4. The van der Waals surface area contributed by atoms with Gasteiger partial charge in [0.05, 0.1) is 0 Å². The van der Waals surface area contributed by atoms with Gasteiger partial charge in [0.2, 0.25) is 0 Å². The molecule has 0 spiro atoms. The molecule has 0 aliphatic heterocycles. The molecule has 0 atom stereocenters. The summed E-state index contributed by atoms with van der Waals surface area (Å²) >= 11 is 0. The minimum absolute atomic E-state index is 0.558. The van der Waals surface area contributed by atoms with E-state index >= 15 is 0 Å². The standard InChI is InChI=1S/C6H18N4.3C4H4O4/c7-1-3-9-5-6-10-4-2-8;3*5-3(6)1-2-4(7)8/h9-10H,1-8H2;3*1-2H,(H,5,6)(H,7,8)/b;3*2-1-. The molecule has 0 radical (unpaired) electrons. The van der Waals surface area contributed by atoms with E-state index in [0.29, 0.717) is 49.5 Å². The molecule has 0 aromatic carbocycles. The van der Waals surface area contributed by atoms with Gasteiger partial charge in [-0.1, -0.05) is 0 Å². The van der Waals surface area contributed by atoms with Crippen molar-refractivity contribution in [3.05, 3.63) is 36.5 Å². The zero-order valence-electron chi connectivity index (χ0n) is 18.0. The molecule has 0 saturated carbocycles. The number of nitrogens with one attached hydrogen (secondary N) is 2. The van der Waals surface area contributed by atoms with Crippen LogP contribution in [0.15, 0.2) is 36.5 Å². The molecule has 16 heteroatoms. The second-order valence-corrected chi connectivity index (χ2v) is 5.11. The summed E-state index contributed by atoms with van der Waals surface area (Å²) in [5, 5.41) is 53.2. The third-order valence-electron chi connectivity index (χ3n) is 2.23. The maximum absolute atomic E-state index is 9.55. The topological polar surface area (TPSA) is 300 Å². The summed E-state index contributed by atoms with van der Waals surface area (Å²) in [6.07, 6.45) is 3.35. The van der Waals surface area contributed by atoms with Crippen LogP contribution in [0.1, 0.15) is 0 Å². The molecule has 34 heavy (non-hydrogen) atoms. The summed E-state index contributed by atoms with van der Waals surface area (Å²) in [5.74, 6) is -7.54. The Hall–Kier alpha value is -4.12. The molecule has 16 nitrogen and oxygen atoms in total. The molecule has 0 amide bonds. The minimum atomic E-state index is -1.26. The Morgan fingerprint density at radius 1 is 0.441 bits per heavy atom. The number of carbonyl (C=O) groups is 6. The highest BCUT2D eigenvalue weighted by Crippen LogP contribution is 1.71. The Balaban J connectivity index is -0.000000177. The number of rotatable bonds is 13. The van der Waals surface area contributed by atoms with Crippen LogP contribution in [-0.4, -0.2) is 106 Å². The monoisotopic (exact) mass is 494 g/mol. The van der Waals surface area contributed by atoms with E-state index in [1.807, 2.05) is 0 Å². The van der Waals surface area contributed by atoms with Gasteiger partial charge >= 0.3 is 35.8 Å². The molecule has 0 aromatic heterocycles. The van der Waals surface area contributed by atoms with Crippen LogP contribution >= 0.6 is 0 Å². The van der Waals surface area contributed by atoms with Gasteiger partial charge in [-0.05, 0) is 0 Å². The normalized spacial score (nSPS) is 9.71. The van der Waals surface area contributed by atoms with Gasteiger partial charge in [-0.25, -0.2) is 28.8 Å². The average molecular weight is 494 g/mol. The van der Waals surface area contributed by atoms with Gasteiger partial charge in [0.1, 0.15) is 0 Å². The number of aliphatic carboxylic acids is 6. The van der Waals surface area contributed by atoms with Crippen LogP contribution < -0.4 is 22.1 Å². The van der Waals surface area contributed by atoms with Gasteiger partial charge in [0, 0.05) is 75.7 Å². The van der Waals surface area contributed by atoms with Gasteiger partial charge in [-0.2, -0.15) is 0 Å². The summed E-state index contributed by atoms with van der Waals surface area (Å²) in [5.41, 5.74) is 10.5. The first-order valence-electron chi connectivity index (χ1n) is 9.03. The van der Waals surface area contributed by atoms with Crippen LogP contribution in [0.2, 0.25) is 0 Å². The Morgan fingerprint density at radius 2 is 0.618 bits per heavy atom. The summed E-state index contributed by atoms with van der Waals surface area (Å²) in [4.78, 5) is 57.3. The van der Waals surface area contributed by atoms with Crippen molar-refractivity contribution in [2.45, 2.75) is 0 Å². The molecule has 194 valence electrons. The lowest BCUT2D eigenvalue weighted by atomic mass is 10.5. The molecule has 0 aromatic rings. The van der Waals surface area contributed by atoms with Gasteiger partial charge < -0.3 is 52.7 Å². The maximum Gasteiger partial charge on any atom is 0.328 e. The Morgan fingerprint density at radius 3 is 0.735 bits per heavy atom. The first-order valence-corrected chi connectivity index (χ1v) is 9.03. The van der Waals surface area contributed by atoms with E-state index in [4.69, 9.17) is 42.1 Å². The summed E-state index contributed by atoms with van der Waals surface area (Å²) in [6, 6.07) is 0. The molecule has 0 bridgehead atoms. The highest BCUT2D eigenvalue weighted by Gasteiger charge is 1.89. The third-order valence-corrected chi connectivity index (χ3v) is 2.23. The largest absolute Gasteiger partial charge is 0.478 e. The van der Waals surface area contributed by atoms with Crippen LogP contribution in [-0.2, 0) is 28.8 Å². The molecule has 0 unspecified atom stereocenters. The first-order chi connectivity index (χ1) is 15.8. The maximum atomic E-state index is 9.55. The Labute approximate surface area is 193 Å². The second-order valence-electron chi connectivity index (χ2n) is 5.11. The summed E-state index contributed by atoms with van der Waals surface area (Å²) < 4.78 is 0. The Kier molecular flexibility index (Phi) is 31.6. The highest BCUT2D eigenvalue weighted by atomic mass is 16.4. The molecule has 0 aliphatic carbocycles. The smallest absolute Gasteiger partial charge is 0.328 e. The number of hydrogen-bond donors (Lipinski definition) is 10. The molecular weight excluding hydrogens is 464 g/mol. The number of nitrogens with two attached hydrogens (primary N) is 2. The van der Waals surface area contributed by atoms with Crippen molar-refractivity contribution in [1.82, 2.24) is 10.6 Å². The number of hydrogen-bond acceptors (Lipinski definition) is 10. The van der Waals surface area contributed by atoms with Gasteiger partial charge in [0.25, 0.3) is 0 Å². The van der Waals surface area contributed by atoms with E-state index in [1.54, 1.807) is 0 Å². The van der Waals surface area contributed by atoms with Crippen LogP contribution in [0.4, 0.5) is 0 Å². The van der Waals surface area contributed by atoms with Crippen LogP contribution in [0, 0.1) is 0 Å². The fraction of sp³-hybridized carbons (Fsp3) is 0.333. The van der Waals surface area contributed by atoms with Gasteiger partial charge in [-0.3, -0.25) is 0 Å². The molecule has 0 fully saturated rings. The van der Waals surface area contributed by atoms with E-state index in [9.17, 15) is 28.8 Å². The minimum Gasteiger partial charge on any atom is -0.478 e. The third kappa shape index (κ3) is 63.0. The zero-order valence-corrected chi connectivity index (χ0v) is 18.0. The lowest BCUT2D eigenvalue weighted by Crippen LogP contribution is -2.32. The predicted octanol–water partition coefficient (Wildman–Crippen LogP) is -2.78. The fourth-order valence-electron chi connectivity index (χ4n) is 1.06. The lowest BCUT2D eigenvalue weighted by Gasteiger charge is -2.03. The molecule has 0 heterocycles. The van der Waals surface area contributed by atoms with E-state index < -0.39 is 35.8 Å². The SMILES string of the molecule is NCCNCCNCCN.O=C(O)/C=C\C(=O)O.O=C(O)/C=C\C(=O)O.O=C(O)/C=C\C(=O)O. The van der Waals surface area contributed by atoms with Crippen molar-refractivity contribution in [3.63, 3.8) is 0 Å². The molecule has 0 aliphatic rings. The van der Waals surface area contributed by atoms with Crippen molar-refractivity contribution in [2.24, 2.45) is 11.5 Å². The van der Waals surface area contributed by atoms with E-state index in [-0.39, 0.29) is 0 Å². The molecule has 0 saturated heterocycles. The predicted molar refractivity (Wildman–Crippen MR) is 117 cm³/mol. The van der Waals surface area contributed by atoms with Crippen LogP contribution in [0.5, 0.6) is 0 Å². The Bertz CT molecular complexity index is 568. The van der Waals surface area contributed by atoms with Crippen molar-refractivity contribution in [2.75, 3.05) is 39.3 Å². The van der Waals surface area contributed by atoms with E-state index in [0.717, 1.165) is 26.2 Å². The van der Waals surface area contributed by atoms with Gasteiger partial charge in [-0.15, -0.1) is 0 Å². The number of carboxylic acids is 6. The van der Waals surface area contributed by atoms with E-state index in [2.05, 4.69) is 10.6 Å². The quantitative estimate of drug-likeness (QED) is 0.0913. The molecule has 0 rings (SSSR count). The van der Waals surface area contributed by atoms with Crippen molar-refractivity contribution >= 4 is 35.8 Å². The lowest BCUT2D eigenvalue weighted by molar-refractivity contribution is -0.134. The van der Waals surface area contributed by atoms with Crippen molar-refractivity contribution < 1.29 is 59.4 Å². The number of carboxylic acid groups (broad SMARTS) is 6. The highest BCUT2D eigenvalue weighted by molar-refractivity contribution is 5.90. The fourth-order valence-corrected chi connectivity index (χ4v) is 1.06. The molecular formula is C18H30N4O12. The van der Waals surface area contributed by atoms with Crippen molar-refractivity contribution in [3.8, 4) is 0 Å². The second kappa shape index (κ2) is 28.9. The first kappa shape index (κ1) is 37.2. The summed E-state index contributed by atoms with van der Waals surface area (Å²) in [7, 11) is 0. The van der Waals surface area contributed by atoms with Crippen LogP contribution in [0.3, 0.4) is 0 Å². The van der Waals surface area contributed by atoms with Gasteiger partial charge in [0.15, 0.2) is 0 Å². The molecule has 12 N–H and O–H groups in total. The van der Waals surface area contributed by atoms with E-state index in [1.165, 1.54) is 0 Å². The average Bonchev–Trinajstić information content (AvgIpc) is 2.73. The summed E-state index contributed by atoms with van der Waals surface area (Å²) in [6.45, 7) is 5.14.